The molecule has 0 aliphatic heterocycles. The second-order valence-electron chi connectivity index (χ2n) is 7.23. The Morgan fingerprint density at radius 3 is 2.55 bits per heavy atom. The molecule has 0 spiro atoms. The third-order valence-corrected chi connectivity index (χ3v) is 5.83. The van der Waals surface area contributed by atoms with Crippen molar-refractivity contribution in [3.8, 4) is 11.4 Å². The number of rotatable bonds is 8. The Morgan fingerprint density at radius 1 is 1.10 bits per heavy atom. The van der Waals surface area contributed by atoms with Crippen molar-refractivity contribution in [2.75, 3.05) is 0 Å². The number of hydrogen-bond acceptors (Lipinski definition) is 4. The highest BCUT2D eigenvalue weighted by molar-refractivity contribution is 8.00. The van der Waals surface area contributed by atoms with Crippen molar-refractivity contribution in [3.05, 3.63) is 65.7 Å². The summed E-state index contributed by atoms with van der Waals surface area (Å²) in [6, 6.07) is 18.2. The fourth-order valence-corrected chi connectivity index (χ4v) is 4.05. The number of aromatic nitrogens is 3. The highest BCUT2D eigenvalue weighted by atomic mass is 32.2. The van der Waals surface area contributed by atoms with Gasteiger partial charge in [-0.15, -0.1) is 10.2 Å². The summed E-state index contributed by atoms with van der Waals surface area (Å²) in [7, 11) is 0. The summed E-state index contributed by atoms with van der Waals surface area (Å²) in [6.45, 7) is 8.93. The number of aryl methyl sites for hydroxylation is 1. The molecule has 3 rings (SSSR count). The molecule has 3 aromatic rings. The molecule has 2 atom stereocenters. The van der Waals surface area contributed by atoms with Gasteiger partial charge in [0.25, 0.3) is 0 Å². The van der Waals surface area contributed by atoms with E-state index in [0.717, 1.165) is 35.1 Å². The molecule has 1 N–H and O–H groups in total. The maximum Gasteiger partial charge on any atom is 0.233 e. The van der Waals surface area contributed by atoms with Crippen LogP contribution in [0.15, 0.2) is 59.8 Å². The first-order valence-corrected chi connectivity index (χ1v) is 10.9. The molecule has 0 radical (unpaired) electrons. The van der Waals surface area contributed by atoms with E-state index in [9.17, 15) is 4.79 Å². The summed E-state index contributed by atoms with van der Waals surface area (Å²) in [5, 5.41) is 12.4. The first-order chi connectivity index (χ1) is 14.0. The zero-order chi connectivity index (χ0) is 20.8. The number of carbonyl (C=O) groups excluding carboxylic acids is 1. The summed E-state index contributed by atoms with van der Waals surface area (Å²) in [5.74, 6) is 0.845. The van der Waals surface area contributed by atoms with Crippen LogP contribution in [-0.2, 0) is 11.3 Å². The van der Waals surface area contributed by atoms with Gasteiger partial charge in [-0.2, -0.15) is 0 Å². The molecular formula is C23H28N4OS. The van der Waals surface area contributed by atoms with Gasteiger partial charge in [0.15, 0.2) is 11.0 Å². The van der Waals surface area contributed by atoms with Crippen molar-refractivity contribution in [2.24, 2.45) is 0 Å². The van der Waals surface area contributed by atoms with Gasteiger partial charge >= 0.3 is 0 Å². The SMILES string of the molecule is CCCn1c(SC(C)C(=O)NC(C)c2ccccc2)nnc1-c1cccc(C)c1. The summed E-state index contributed by atoms with van der Waals surface area (Å²) >= 11 is 1.45. The lowest BCUT2D eigenvalue weighted by molar-refractivity contribution is -0.120. The molecule has 5 nitrogen and oxygen atoms in total. The van der Waals surface area contributed by atoms with Gasteiger partial charge in [-0.05, 0) is 38.8 Å². The van der Waals surface area contributed by atoms with Gasteiger partial charge in [0.1, 0.15) is 0 Å². The van der Waals surface area contributed by atoms with Crippen LogP contribution in [0, 0.1) is 6.92 Å². The van der Waals surface area contributed by atoms with Crippen LogP contribution in [0.1, 0.15) is 44.4 Å². The minimum atomic E-state index is -0.272. The second kappa shape index (κ2) is 9.74. The molecule has 29 heavy (non-hydrogen) atoms. The van der Waals surface area contributed by atoms with Gasteiger partial charge < -0.3 is 9.88 Å². The number of carbonyl (C=O) groups is 1. The first kappa shape index (κ1) is 21.1. The van der Waals surface area contributed by atoms with Gasteiger partial charge in [-0.3, -0.25) is 4.79 Å². The van der Waals surface area contributed by atoms with Crippen LogP contribution < -0.4 is 5.32 Å². The predicted molar refractivity (Wildman–Crippen MR) is 119 cm³/mol. The van der Waals surface area contributed by atoms with Crippen molar-refractivity contribution in [3.63, 3.8) is 0 Å². The van der Waals surface area contributed by atoms with Crippen molar-refractivity contribution < 1.29 is 4.79 Å². The highest BCUT2D eigenvalue weighted by Gasteiger charge is 2.22. The smallest absolute Gasteiger partial charge is 0.233 e. The Labute approximate surface area is 176 Å². The van der Waals surface area contributed by atoms with Crippen LogP contribution in [0.25, 0.3) is 11.4 Å². The summed E-state index contributed by atoms with van der Waals surface area (Å²) < 4.78 is 2.11. The lowest BCUT2D eigenvalue weighted by Gasteiger charge is -2.18. The number of benzene rings is 2. The third kappa shape index (κ3) is 5.26. The van der Waals surface area contributed by atoms with Crippen LogP contribution in [0.2, 0.25) is 0 Å². The van der Waals surface area contributed by atoms with Crippen LogP contribution in [0.5, 0.6) is 0 Å². The average Bonchev–Trinajstić information content (AvgIpc) is 3.11. The zero-order valence-corrected chi connectivity index (χ0v) is 18.2. The van der Waals surface area contributed by atoms with Gasteiger partial charge in [-0.25, -0.2) is 0 Å². The second-order valence-corrected chi connectivity index (χ2v) is 8.54. The predicted octanol–water partition coefficient (Wildman–Crippen LogP) is 5.02. The quantitative estimate of drug-likeness (QED) is 0.532. The Kier molecular flexibility index (Phi) is 7.09. The summed E-state index contributed by atoms with van der Waals surface area (Å²) in [6.07, 6.45) is 0.968. The lowest BCUT2D eigenvalue weighted by Crippen LogP contribution is -2.33. The van der Waals surface area contributed by atoms with Gasteiger partial charge in [-0.1, -0.05) is 72.8 Å². The molecule has 1 amide bonds. The Balaban J connectivity index is 1.74. The molecule has 0 aliphatic rings. The number of nitrogens with zero attached hydrogens (tertiary/aromatic N) is 3. The van der Waals surface area contributed by atoms with E-state index in [4.69, 9.17) is 0 Å². The molecular weight excluding hydrogens is 380 g/mol. The van der Waals surface area contributed by atoms with Crippen molar-refractivity contribution >= 4 is 17.7 Å². The van der Waals surface area contributed by atoms with E-state index in [1.54, 1.807) is 0 Å². The Bertz CT molecular complexity index is 955. The molecule has 2 unspecified atom stereocenters. The molecule has 1 heterocycles. The first-order valence-electron chi connectivity index (χ1n) is 10.0. The van der Waals surface area contributed by atoms with E-state index in [1.165, 1.54) is 17.3 Å². The molecule has 0 aliphatic carbocycles. The monoisotopic (exact) mass is 408 g/mol. The van der Waals surface area contributed by atoms with E-state index in [2.05, 4.69) is 52.1 Å². The third-order valence-electron chi connectivity index (χ3n) is 4.75. The van der Waals surface area contributed by atoms with Crippen LogP contribution in [-0.4, -0.2) is 25.9 Å². The molecule has 0 bridgehead atoms. The van der Waals surface area contributed by atoms with Gasteiger partial charge in [0, 0.05) is 12.1 Å². The largest absolute Gasteiger partial charge is 0.349 e. The van der Waals surface area contributed by atoms with Gasteiger partial charge in [0.2, 0.25) is 5.91 Å². The number of nitrogens with one attached hydrogen (secondary N) is 1. The van der Waals surface area contributed by atoms with Crippen LogP contribution in [0.3, 0.4) is 0 Å². The fraction of sp³-hybridized carbons (Fsp3) is 0.348. The fourth-order valence-electron chi connectivity index (χ4n) is 3.17. The highest BCUT2D eigenvalue weighted by Crippen LogP contribution is 2.28. The van der Waals surface area contributed by atoms with E-state index < -0.39 is 0 Å². The number of thioether (sulfide) groups is 1. The van der Waals surface area contributed by atoms with Crippen LogP contribution in [0.4, 0.5) is 0 Å². The van der Waals surface area contributed by atoms with Crippen molar-refractivity contribution in [2.45, 2.75) is 57.1 Å². The van der Waals surface area contributed by atoms with Crippen molar-refractivity contribution in [1.82, 2.24) is 20.1 Å². The van der Waals surface area contributed by atoms with E-state index in [-0.39, 0.29) is 17.2 Å². The molecule has 152 valence electrons. The molecule has 6 heteroatoms. The Morgan fingerprint density at radius 2 is 1.86 bits per heavy atom. The molecule has 1 aromatic heterocycles. The van der Waals surface area contributed by atoms with E-state index in [1.807, 2.05) is 50.2 Å². The van der Waals surface area contributed by atoms with E-state index >= 15 is 0 Å². The summed E-state index contributed by atoms with van der Waals surface area (Å²) in [5.41, 5.74) is 3.33. The normalized spacial score (nSPS) is 13.1. The Hall–Kier alpha value is -2.60. The van der Waals surface area contributed by atoms with Crippen LogP contribution >= 0.6 is 11.8 Å². The number of hydrogen-bond donors (Lipinski definition) is 1. The zero-order valence-electron chi connectivity index (χ0n) is 17.4. The molecule has 2 aromatic carbocycles. The maximum absolute atomic E-state index is 12.7. The lowest BCUT2D eigenvalue weighted by atomic mass is 10.1. The summed E-state index contributed by atoms with van der Waals surface area (Å²) in [4.78, 5) is 12.7. The average molecular weight is 409 g/mol. The standard InChI is InChI=1S/C23H28N4OS/c1-5-14-27-21(20-13-9-10-16(2)15-20)25-26-23(27)29-18(4)22(28)24-17(3)19-11-7-6-8-12-19/h6-13,15,17-18H,5,14H2,1-4H3,(H,24,28). The molecule has 0 saturated carbocycles. The maximum atomic E-state index is 12.7. The van der Waals surface area contributed by atoms with E-state index in [0.29, 0.717) is 0 Å². The van der Waals surface area contributed by atoms with Gasteiger partial charge in [0.05, 0.1) is 11.3 Å². The van der Waals surface area contributed by atoms with Crippen molar-refractivity contribution in [1.29, 1.82) is 0 Å². The molecule has 0 fully saturated rings. The minimum absolute atomic E-state index is 0.00509. The minimum Gasteiger partial charge on any atom is -0.349 e. The number of amides is 1. The molecule has 0 saturated heterocycles. The topological polar surface area (TPSA) is 59.8 Å².